The predicted octanol–water partition coefficient (Wildman–Crippen LogP) is 1.78. The molecule has 2 aliphatic rings. The molecule has 80 valence electrons. The zero-order chi connectivity index (χ0) is 9.80. The molecule has 2 atom stereocenters. The van der Waals surface area contributed by atoms with Gasteiger partial charge in [0.1, 0.15) is 0 Å². The molecular weight excluding hydrogens is 172 g/mol. The standard InChI is InChI=1S/C12H22N2/c1-14-9-5-8-12(14)10-13-11-6-3-2-4-7-11/h3,6,11-13H,2,4-5,7-10H2,1H3. The number of hydrogen-bond acceptors (Lipinski definition) is 2. The Labute approximate surface area is 87.4 Å². The van der Waals surface area contributed by atoms with Gasteiger partial charge in [-0.25, -0.2) is 0 Å². The normalized spacial score (nSPS) is 33.8. The lowest BCUT2D eigenvalue weighted by molar-refractivity contribution is 0.293. The van der Waals surface area contributed by atoms with Crippen LogP contribution in [0.4, 0.5) is 0 Å². The Balaban J connectivity index is 1.70. The first-order chi connectivity index (χ1) is 6.86. The molecule has 0 aromatic heterocycles. The van der Waals surface area contributed by atoms with E-state index >= 15 is 0 Å². The van der Waals surface area contributed by atoms with Crippen molar-refractivity contribution in [3.8, 4) is 0 Å². The average Bonchev–Trinajstić information content (AvgIpc) is 2.63. The molecule has 0 bridgehead atoms. The summed E-state index contributed by atoms with van der Waals surface area (Å²) in [5, 5.41) is 3.67. The molecule has 0 spiro atoms. The third-order valence-corrected chi connectivity index (χ3v) is 3.54. The molecule has 1 saturated heterocycles. The first kappa shape index (κ1) is 10.2. The van der Waals surface area contributed by atoms with Crippen LogP contribution in [0.3, 0.4) is 0 Å². The molecule has 2 unspecified atom stereocenters. The lowest BCUT2D eigenvalue weighted by atomic mass is 10.0. The van der Waals surface area contributed by atoms with E-state index in [0.29, 0.717) is 6.04 Å². The molecule has 0 aromatic rings. The summed E-state index contributed by atoms with van der Waals surface area (Å²) in [4.78, 5) is 2.49. The van der Waals surface area contributed by atoms with E-state index in [2.05, 4.69) is 29.4 Å². The van der Waals surface area contributed by atoms with Gasteiger partial charge in [-0.15, -0.1) is 0 Å². The van der Waals surface area contributed by atoms with Gasteiger partial charge in [-0.05, 0) is 45.7 Å². The lowest BCUT2D eigenvalue weighted by Crippen LogP contribution is -2.40. The summed E-state index contributed by atoms with van der Waals surface area (Å²) in [6, 6.07) is 1.43. The molecule has 2 nitrogen and oxygen atoms in total. The average molecular weight is 194 g/mol. The minimum absolute atomic E-state index is 0.651. The van der Waals surface area contributed by atoms with Crippen molar-refractivity contribution in [2.45, 2.75) is 44.2 Å². The molecule has 1 aliphatic heterocycles. The molecule has 1 heterocycles. The Morgan fingerprint density at radius 2 is 2.29 bits per heavy atom. The maximum absolute atomic E-state index is 3.67. The van der Waals surface area contributed by atoms with Crippen LogP contribution in [-0.4, -0.2) is 37.1 Å². The van der Waals surface area contributed by atoms with Crippen molar-refractivity contribution in [1.29, 1.82) is 0 Å². The van der Waals surface area contributed by atoms with Crippen LogP contribution >= 0.6 is 0 Å². The molecular formula is C12H22N2. The van der Waals surface area contributed by atoms with E-state index in [4.69, 9.17) is 0 Å². The summed E-state index contributed by atoms with van der Waals surface area (Å²) in [7, 11) is 2.25. The second kappa shape index (κ2) is 4.94. The van der Waals surface area contributed by atoms with Crippen molar-refractivity contribution in [1.82, 2.24) is 10.2 Å². The lowest BCUT2D eigenvalue weighted by Gasteiger charge is -2.24. The van der Waals surface area contributed by atoms with Crippen molar-refractivity contribution in [2.24, 2.45) is 0 Å². The zero-order valence-corrected chi connectivity index (χ0v) is 9.21. The van der Waals surface area contributed by atoms with Crippen molar-refractivity contribution in [3.05, 3.63) is 12.2 Å². The molecule has 1 N–H and O–H groups in total. The van der Waals surface area contributed by atoms with E-state index in [1.807, 2.05) is 0 Å². The highest BCUT2D eigenvalue weighted by molar-refractivity contribution is 4.98. The van der Waals surface area contributed by atoms with Crippen molar-refractivity contribution < 1.29 is 0 Å². The fourth-order valence-corrected chi connectivity index (χ4v) is 2.51. The molecule has 0 amide bonds. The van der Waals surface area contributed by atoms with Crippen LogP contribution in [0, 0.1) is 0 Å². The Morgan fingerprint density at radius 3 is 2.93 bits per heavy atom. The third-order valence-electron chi connectivity index (χ3n) is 3.54. The summed E-state index contributed by atoms with van der Waals surface area (Å²) in [5.41, 5.74) is 0. The molecule has 0 saturated carbocycles. The number of nitrogens with zero attached hydrogens (tertiary/aromatic N) is 1. The Morgan fingerprint density at radius 1 is 1.36 bits per heavy atom. The Kier molecular flexibility index (Phi) is 3.60. The molecule has 1 fully saturated rings. The summed E-state index contributed by atoms with van der Waals surface area (Å²) < 4.78 is 0. The van der Waals surface area contributed by atoms with Gasteiger partial charge < -0.3 is 10.2 Å². The molecule has 14 heavy (non-hydrogen) atoms. The van der Waals surface area contributed by atoms with E-state index in [1.165, 1.54) is 45.2 Å². The summed E-state index contributed by atoms with van der Waals surface area (Å²) >= 11 is 0. The fourth-order valence-electron chi connectivity index (χ4n) is 2.51. The minimum atomic E-state index is 0.651. The van der Waals surface area contributed by atoms with Gasteiger partial charge >= 0.3 is 0 Å². The number of rotatable bonds is 3. The van der Waals surface area contributed by atoms with Gasteiger partial charge in [0.2, 0.25) is 0 Å². The van der Waals surface area contributed by atoms with Gasteiger partial charge in [-0.1, -0.05) is 12.2 Å². The number of hydrogen-bond donors (Lipinski definition) is 1. The van der Waals surface area contributed by atoms with E-state index in [-0.39, 0.29) is 0 Å². The van der Waals surface area contributed by atoms with E-state index in [1.54, 1.807) is 0 Å². The van der Waals surface area contributed by atoms with E-state index < -0.39 is 0 Å². The minimum Gasteiger partial charge on any atom is -0.309 e. The van der Waals surface area contributed by atoms with Crippen LogP contribution in [-0.2, 0) is 0 Å². The molecule has 0 radical (unpaired) electrons. The number of likely N-dealkylation sites (tertiary alicyclic amines) is 1. The molecule has 2 heteroatoms. The van der Waals surface area contributed by atoms with Crippen LogP contribution < -0.4 is 5.32 Å². The van der Waals surface area contributed by atoms with Gasteiger partial charge in [0.05, 0.1) is 0 Å². The summed E-state index contributed by atoms with van der Waals surface area (Å²) in [5.74, 6) is 0. The maximum Gasteiger partial charge on any atom is 0.0250 e. The molecule has 0 aromatic carbocycles. The highest BCUT2D eigenvalue weighted by Crippen LogP contribution is 2.15. The number of nitrogens with one attached hydrogen (secondary N) is 1. The largest absolute Gasteiger partial charge is 0.309 e. The smallest absolute Gasteiger partial charge is 0.0250 e. The second-order valence-corrected chi connectivity index (χ2v) is 4.65. The third kappa shape index (κ3) is 2.58. The SMILES string of the molecule is CN1CCCC1CNC1C=CCCC1. The van der Waals surface area contributed by atoms with Gasteiger partial charge in [0.25, 0.3) is 0 Å². The quantitative estimate of drug-likeness (QED) is 0.689. The summed E-state index contributed by atoms with van der Waals surface area (Å²) in [6.45, 7) is 2.46. The number of likely N-dealkylation sites (N-methyl/N-ethyl adjacent to an activating group) is 1. The number of allylic oxidation sites excluding steroid dienone is 1. The Hall–Kier alpha value is -0.340. The van der Waals surface area contributed by atoms with Gasteiger partial charge in [0.15, 0.2) is 0 Å². The topological polar surface area (TPSA) is 15.3 Å². The van der Waals surface area contributed by atoms with Crippen molar-refractivity contribution >= 4 is 0 Å². The highest BCUT2D eigenvalue weighted by Gasteiger charge is 2.21. The maximum atomic E-state index is 3.67. The monoisotopic (exact) mass is 194 g/mol. The van der Waals surface area contributed by atoms with Crippen molar-refractivity contribution in [3.63, 3.8) is 0 Å². The zero-order valence-electron chi connectivity index (χ0n) is 9.21. The highest BCUT2D eigenvalue weighted by atomic mass is 15.2. The Bertz CT molecular complexity index is 200. The predicted molar refractivity (Wildman–Crippen MR) is 60.4 cm³/mol. The molecule has 2 rings (SSSR count). The van der Waals surface area contributed by atoms with Gasteiger partial charge in [-0.3, -0.25) is 0 Å². The van der Waals surface area contributed by atoms with Gasteiger partial charge in [-0.2, -0.15) is 0 Å². The second-order valence-electron chi connectivity index (χ2n) is 4.65. The first-order valence-electron chi connectivity index (χ1n) is 5.96. The fraction of sp³-hybridized carbons (Fsp3) is 0.833. The van der Waals surface area contributed by atoms with Crippen LogP contribution in [0.5, 0.6) is 0 Å². The molecule has 1 aliphatic carbocycles. The summed E-state index contributed by atoms with van der Waals surface area (Å²) in [6.07, 6.45) is 11.4. The van der Waals surface area contributed by atoms with E-state index in [0.717, 1.165) is 6.04 Å². The first-order valence-corrected chi connectivity index (χ1v) is 5.96. The van der Waals surface area contributed by atoms with E-state index in [9.17, 15) is 0 Å². The van der Waals surface area contributed by atoms with Crippen molar-refractivity contribution in [2.75, 3.05) is 20.1 Å². The van der Waals surface area contributed by atoms with Crippen LogP contribution in [0.15, 0.2) is 12.2 Å². The van der Waals surface area contributed by atoms with Crippen LogP contribution in [0.2, 0.25) is 0 Å². The van der Waals surface area contributed by atoms with Gasteiger partial charge in [0, 0.05) is 18.6 Å². The van der Waals surface area contributed by atoms with Crippen LogP contribution in [0.1, 0.15) is 32.1 Å². The van der Waals surface area contributed by atoms with Crippen LogP contribution in [0.25, 0.3) is 0 Å².